The summed E-state index contributed by atoms with van der Waals surface area (Å²) in [6.45, 7) is 0.529. The number of aliphatic imine (C=N–C) groups is 2. The molecule has 3 aromatic carbocycles. The van der Waals surface area contributed by atoms with Crippen LogP contribution in [0.3, 0.4) is 0 Å². The molecule has 0 bridgehead atoms. The number of thioether (sulfide) groups is 1. The molecule has 40 heavy (non-hydrogen) atoms. The van der Waals surface area contributed by atoms with Gasteiger partial charge in [0.25, 0.3) is 5.91 Å². The third kappa shape index (κ3) is 6.40. The van der Waals surface area contributed by atoms with Crippen LogP contribution in [0.25, 0.3) is 0 Å². The van der Waals surface area contributed by atoms with Crippen molar-refractivity contribution >= 4 is 51.9 Å². The van der Waals surface area contributed by atoms with Gasteiger partial charge >= 0.3 is 0 Å². The fourth-order valence-electron chi connectivity index (χ4n) is 4.44. The number of carbonyl (C=O) groups is 3. The Hall–Kier alpha value is -4.44. The number of anilines is 1. The first kappa shape index (κ1) is 27.1. The number of amides is 3. The van der Waals surface area contributed by atoms with Gasteiger partial charge in [0, 0.05) is 24.2 Å². The number of carbonyl (C=O) groups excluding carboxylic acids is 3. The van der Waals surface area contributed by atoms with Crippen LogP contribution >= 0.6 is 11.8 Å². The number of benzene rings is 3. The average molecular weight is 556 g/mol. The van der Waals surface area contributed by atoms with Gasteiger partial charge in [-0.15, -0.1) is 0 Å². The maximum Gasteiger partial charge on any atom is 0.259 e. The largest absolute Gasteiger partial charge is 0.497 e. The number of methoxy groups -OCH3 is 1. The molecule has 9 nitrogen and oxygen atoms in total. The molecule has 0 aliphatic carbocycles. The minimum atomic E-state index is -0.694. The second kappa shape index (κ2) is 12.6. The lowest BCUT2D eigenvalue weighted by atomic mass is 10.1. The molecule has 2 heterocycles. The highest BCUT2D eigenvalue weighted by Crippen LogP contribution is 2.34. The predicted molar refractivity (Wildman–Crippen MR) is 157 cm³/mol. The molecule has 3 aromatic rings. The summed E-state index contributed by atoms with van der Waals surface area (Å²) in [6.07, 6.45) is 1.21. The lowest BCUT2D eigenvalue weighted by Gasteiger charge is -2.25. The van der Waals surface area contributed by atoms with Crippen LogP contribution in [-0.4, -0.2) is 59.1 Å². The number of rotatable bonds is 10. The van der Waals surface area contributed by atoms with Gasteiger partial charge in [-0.05, 0) is 54.8 Å². The molecular weight excluding hydrogens is 526 g/mol. The van der Waals surface area contributed by atoms with Gasteiger partial charge in [0.1, 0.15) is 17.6 Å². The van der Waals surface area contributed by atoms with Gasteiger partial charge in [-0.1, -0.05) is 54.2 Å². The van der Waals surface area contributed by atoms with Crippen LogP contribution in [0.1, 0.15) is 24.0 Å². The third-order valence-corrected chi connectivity index (χ3v) is 7.42. The Bertz CT molecular complexity index is 1460. The molecule has 0 spiro atoms. The first-order valence-corrected chi connectivity index (χ1v) is 14.0. The van der Waals surface area contributed by atoms with Crippen molar-refractivity contribution in [1.82, 2.24) is 10.2 Å². The highest BCUT2D eigenvalue weighted by molar-refractivity contribution is 8.14. The number of fused-ring (bicyclic) bond motifs is 3. The Labute approximate surface area is 236 Å². The number of ether oxygens (including phenoxy) is 1. The van der Waals surface area contributed by atoms with Crippen molar-refractivity contribution < 1.29 is 19.1 Å². The molecule has 5 rings (SSSR count). The van der Waals surface area contributed by atoms with Gasteiger partial charge in [-0.25, -0.2) is 9.89 Å². The number of amidine groups is 2. The van der Waals surface area contributed by atoms with E-state index in [1.165, 1.54) is 16.7 Å². The van der Waals surface area contributed by atoms with Crippen molar-refractivity contribution in [1.29, 1.82) is 0 Å². The summed E-state index contributed by atoms with van der Waals surface area (Å²) in [5.74, 6) is 0.657. The van der Waals surface area contributed by atoms with E-state index < -0.39 is 6.04 Å². The van der Waals surface area contributed by atoms with Crippen molar-refractivity contribution in [3.63, 3.8) is 0 Å². The molecule has 0 unspecified atom stereocenters. The molecule has 0 fully saturated rings. The van der Waals surface area contributed by atoms with Crippen LogP contribution in [0.2, 0.25) is 0 Å². The summed E-state index contributed by atoms with van der Waals surface area (Å²) in [5.41, 5.74) is 3.22. The average Bonchev–Trinajstić information content (AvgIpc) is 3.32. The molecule has 0 aromatic heterocycles. The highest BCUT2D eigenvalue weighted by atomic mass is 32.2. The Morgan fingerprint density at radius 2 is 1.73 bits per heavy atom. The van der Waals surface area contributed by atoms with E-state index in [2.05, 4.69) is 15.6 Å². The predicted octanol–water partition coefficient (Wildman–Crippen LogP) is 4.16. The van der Waals surface area contributed by atoms with Crippen LogP contribution < -0.4 is 15.4 Å². The summed E-state index contributed by atoms with van der Waals surface area (Å²) in [4.78, 5) is 49.4. The lowest BCUT2D eigenvalue weighted by Crippen LogP contribution is -2.41. The van der Waals surface area contributed by atoms with E-state index in [1.807, 2.05) is 54.6 Å². The quantitative estimate of drug-likeness (QED) is 0.390. The zero-order chi connectivity index (χ0) is 27.9. The summed E-state index contributed by atoms with van der Waals surface area (Å²) < 4.78 is 5.15. The normalized spacial score (nSPS) is 15.5. The summed E-state index contributed by atoms with van der Waals surface area (Å²) >= 11 is 1.17. The maximum atomic E-state index is 13.4. The minimum Gasteiger partial charge on any atom is -0.497 e. The molecule has 2 aliphatic heterocycles. The van der Waals surface area contributed by atoms with Crippen LogP contribution in [0.5, 0.6) is 5.75 Å². The van der Waals surface area contributed by atoms with Crippen molar-refractivity contribution in [3.8, 4) is 5.75 Å². The van der Waals surface area contributed by atoms with Gasteiger partial charge in [-0.2, -0.15) is 0 Å². The standard InChI is InChI=1S/C30H29N5O4S/c1-39-22-13-11-21(12-14-22)32-27(37)19-40-30-34-24-10-6-5-9-23(24)28-33-25(29(38)35(28)30)15-16-26(36)31-18-17-20-7-3-2-4-8-20/h2-14,25H,15-19H2,1H3,(H,31,36)(H,32,37)/t25-/m1/s1. The Morgan fingerprint density at radius 1 is 0.975 bits per heavy atom. The van der Waals surface area contributed by atoms with Gasteiger partial charge in [-0.3, -0.25) is 19.4 Å². The molecule has 1 atom stereocenters. The number of para-hydroxylation sites is 1. The topological polar surface area (TPSA) is 112 Å². The van der Waals surface area contributed by atoms with E-state index in [0.29, 0.717) is 34.7 Å². The number of nitrogens with zero attached hydrogens (tertiary/aromatic N) is 3. The molecule has 0 saturated carbocycles. The molecule has 10 heteroatoms. The number of hydrogen-bond acceptors (Lipinski definition) is 7. The Kier molecular flexibility index (Phi) is 8.56. The summed E-state index contributed by atoms with van der Waals surface area (Å²) in [5, 5.41) is 6.16. The van der Waals surface area contributed by atoms with E-state index in [9.17, 15) is 14.4 Å². The highest BCUT2D eigenvalue weighted by Gasteiger charge is 2.41. The lowest BCUT2D eigenvalue weighted by molar-refractivity contribution is -0.125. The van der Waals surface area contributed by atoms with Crippen molar-refractivity contribution in [3.05, 3.63) is 90.0 Å². The SMILES string of the molecule is COc1ccc(NC(=O)CSC2=Nc3ccccc3C3=N[C@H](CCC(=O)NCCc4ccccc4)C(=O)N23)cc1. The van der Waals surface area contributed by atoms with Crippen LogP contribution in [0.15, 0.2) is 88.8 Å². The van der Waals surface area contributed by atoms with Crippen molar-refractivity contribution in [2.45, 2.75) is 25.3 Å². The monoisotopic (exact) mass is 555 g/mol. The molecule has 0 saturated heterocycles. The van der Waals surface area contributed by atoms with Crippen LogP contribution in [0.4, 0.5) is 11.4 Å². The van der Waals surface area contributed by atoms with Gasteiger partial charge in [0.15, 0.2) is 5.17 Å². The zero-order valence-electron chi connectivity index (χ0n) is 22.0. The molecular formula is C30H29N5O4S. The first-order chi connectivity index (χ1) is 19.5. The van der Waals surface area contributed by atoms with E-state index in [4.69, 9.17) is 9.73 Å². The second-order valence-electron chi connectivity index (χ2n) is 9.24. The minimum absolute atomic E-state index is 0.0541. The van der Waals surface area contributed by atoms with E-state index in [-0.39, 0.29) is 36.3 Å². The van der Waals surface area contributed by atoms with Gasteiger partial charge in [0.2, 0.25) is 11.8 Å². The van der Waals surface area contributed by atoms with Crippen molar-refractivity contribution in [2.24, 2.45) is 9.98 Å². The fraction of sp³-hybridized carbons (Fsp3) is 0.233. The Morgan fingerprint density at radius 3 is 2.50 bits per heavy atom. The Balaban J connectivity index is 1.20. The van der Waals surface area contributed by atoms with E-state index >= 15 is 0 Å². The van der Waals surface area contributed by atoms with Crippen molar-refractivity contribution in [2.75, 3.05) is 24.7 Å². The second-order valence-corrected chi connectivity index (χ2v) is 10.2. The van der Waals surface area contributed by atoms with E-state index in [0.717, 1.165) is 17.5 Å². The molecule has 2 aliphatic rings. The fourth-order valence-corrected chi connectivity index (χ4v) is 5.24. The summed E-state index contributed by atoms with van der Waals surface area (Å²) in [6, 6.07) is 23.7. The summed E-state index contributed by atoms with van der Waals surface area (Å²) in [7, 11) is 1.58. The van der Waals surface area contributed by atoms with Crippen LogP contribution in [0, 0.1) is 0 Å². The molecule has 3 amide bonds. The first-order valence-electron chi connectivity index (χ1n) is 13.0. The molecule has 2 N–H and O–H groups in total. The van der Waals surface area contributed by atoms with E-state index in [1.54, 1.807) is 31.4 Å². The maximum absolute atomic E-state index is 13.4. The number of hydrogen-bond donors (Lipinski definition) is 2. The van der Waals surface area contributed by atoms with Gasteiger partial charge < -0.3 is 15.4 Å². The molecule has 0 radical (unpaired) electrons. The van der Waals surface area contributed by atoms with Crippen LogP contribution in [-0.2, 0) is 20.8 Å². The molecule has 204 valence electrons. The van der Waals surface area contributed by atoms with Gasteiger partial charge in [0.05, 0.1) is 18.6 Å². The number of nitrogens with one attached hydrogen (secondary N) is 2. The third-order valence-electron chi connectivity index (χ3n) is 6.48. The zero-order valence-corrected chi connectivity index (χ0v) is 22.8. The smallest absolute Gasteiger partial charge is 0.259 e.